The van der Waals surface area contributed by atoms with Crippen LogP contribution in [0, 0.1) is 5.41 Å². The first-order valence-corrected chi connectivity index (χ1v) is 13.3. The van der Waals surface area contributed by atoms with Gasteiger partial charge in [-0.1, -0.05) is 12.1 Å². The van der Waals surface area contributed by atoms with Crippen LogP contribution in [-0.4, -0.2) is 64.9 Å². The second-order valence-corrected chi connectivity index (χ2v) is 10.9. The summed E-state index contributed by atoms with van der Waals surface area (Å²) in [5.41, 5.74) is 11.6. The number of methoxy groups -OCH3 is 1. The molecule has 8 nitrogen and oxygen atoms in total. The largest absolute Gasteiger partial charge is 0.495 e. The van der Waals surface area contributed by atoms with E-state index in [1.807, 2.05) is 23.1 Å². The van der Waals surface area contributed by atoms with Gasteiger partial charge in [0.25, 0.3) is 0 Å². The summed E-state index contributed by atoms with van der Waals surface area (Å²) in [6.45, 7) is 3.87. The van der Waals surface area contributed by atoms with Crippen molar-refractivity contribution in [3.8, 4) is 17.0 Å². The topological polar surface area (TPSA) is 102 Å². The van der Waals surface area contributed by atoms with Crippen LogP contribution in [0.15, 0.2) is 54.9 Å². The molecule has 4 heterocycles. The highest BCUT2D eigenvalue weighted by atomic mass is 16.5. The fourth-order valence-electron chi connectivity index (χ4n) is 6.33. The number of rotatable bonds is 6. The number of hydrogen-bond acceptors (Lipinski definition) is 6. The minimum absolute atomic E-state index is 0.160. The number of nitrogens with zero attached hydrogens (tertiary/aromatic N) is 4. The summed E-state index contributed by atoms with van der Waals surface area (Å²) in [5.74, 6) is 0.402. The summed E-state index contributed by atoms with van der Waals surface area (Å²) in [6.07, 6.45) is 7.89. The van der Waals surface area contributed by atoms with Crippen LogP contribution in [-0.2, 0) is 17.6 Å². The van der Waals surface area contributed by atoms with Crippen molar-refractivity contribution in [1.29, 1.82) is 0 Å². The minimum Gasteiger partial charge on any atom is -0.495 e. The molecule has 2 N–H and O–H groups in total. The Morgan fingerprint density at radius 2 is 1.87 bits per heavy atom. The van der Waals surface area contributed by atoms with Gasteiger partial charge in [-0.3, -0.25) is 24.5 Å². The van der Waals surface area contributed by atoms with E-state index in [0.717, 1.165) is 68.8 Å². The van der Waals surface area contributed by atoms with Gasteiger partial charge in [-0.25, -0.2) is 0 Å². The molecule has 0 radical (unpaired) electrons. The number of nitrogens with two attached hydrogens (primary N) is 1. The normalized spacial score (nSPS) is 20.1. The molecule has 2 aliphatic heterocycles. The van der Waals surface area contributed by atoms with Crippen LogP contribution in [0.4, 0.5) is 0 Å². The first kappa shape index (κ1) is 24.6. The third kappa shape index (κ3) is 4.65. The van der Waals surface area contributed by atoms with Crippen LogP contribution in [0.1, 0.15) is 52.5 Å². The van der Waals surface area contributed by atoms with E-state index in [0.29, 0.717) is 29.2 Å². The van der Waals surface area contributed by atoms with Gasteiger partial charge in [-0.2, -0.15) is 0 Å². The van der Waals surface area contributed by atoms with Gasteiger partial charge in [-0.15, -0.1) is 0 Å². The Morgan fingerprint density at radius 1 is 1.05 bits per heavy atom. The SMILES string of the molecule is COc1ccc(CC(=O)N2CCC3(CC2)CN(C2CCc4cc(-c5ccc(C(N)=O)cn5)ccc42)C3)nc1. The van der Waals surface area contributed by atoms with Crippen LogP contribution < -0.4 is 10.5 Å². The van der Waals surface area contributed by atoms with Gasteiger partial charge >= 0.3 is 0 Å². The molecule has 1 atom stereocenters. The highest BCUT2D eigenvalue weighted by molar-refractivity contribution is 5.92. The maximum Gasteiger partial charge on any atom is 0.250 e. The van der Waals surface area contributed by atoms with Crippen LogP contribution in [0.25, 0.3) is 11.3 Å². The molecule has 8 heteroatoms. The fraction of sp³-hybridized carbons (Fsp3) is 0.400. The van der Waals surface area contributed by atoms with Crippen LogP contribution in [0.3, 0.4) is 0 Å². The maximum absolute atomic E-state index is 12.8. The van der Waals surface area contributed by atoms with Crippen molar-refractivity contribution in [3.05, 3.63) is 77.2 Å². The number of carbonyl (C=O) groups excluding carboxylic acids is 2. The molecule has 1 spiro atoms. The molecule has 1 aromatic carbocycles. The summed E-state index contributed by atoms with van der Waals surface area (Å²) in [4.78, 5) is 37.6. The molecule has 196 valence electrons. The zero-order valence-corrected chi connectivity index (χ0v) is 21.7. The van der Waals surface area contributed by atoms with Gasteiger partial charge < -0.3 is 15.4 Å². The molecular weight excluding hydrogens is 478 g/mol. The van der Waals surface area contributed by atoms with Gasteiger partial charge in [0.15, 0.2) is 0 Å². The monoisotopic (exact) mass is 511 g/mol. The van der Waals surface area contributed by atoms with Crippen LogP contribution in [0.2, 0.25) is 0 Å². The second-order valence-electron chi connectivity index (χ2n) is 10.9. The van der Waals surface area contributed by atoms with E-state index >= 15 is 0 Å². The van der Waals surface area contributed by atoms with E-state index in [1.54, 1.807) is 25.6 Å². The summed E-state index contributed by atoms with van der Waals surface area (Å²) < 4.78 is 5.15. The number of aromatic nitrogens is 2. The standard InChI is InChI=1S/C30H33N5O3/c1-38-24-6-5-23(32-17-24)15-28(36)34-12-10-30(11-13-34)18-35(19-30)27-9-4-20-14-21(2-7-25(20)27)26-8-3-22(16-33-26)29(31)37/h2-3,5-8,14,16-17,27H,4,9-13,15,18-19H2,1H3,(H2,31,37). The third-order valence-corrected chi connectivity index (χ3v) is 8.59. The Hall–Kier alpha value is -3.78. The number of primary amides is 1. The summed E-state index contributed by atoms with van der Waals surface area (Å²) in [7, 11) is 1.61. The zero-order valence-electron chi connectivity index (χ0n) is 21.7. The average Bonchev–Trinajstić information content (AvgIpc) is 3.35. The Morgan fingerprint density at radius 3 is 2.53 bits per heavy atom. The highest BCUT2D eigenvalue weighted by Gasteiger charge is 2.48. The number of fused-ring (bicyclic) bond motifs is 1. The first-order valence-electron chi connectivity index (χ1n) is 13.3. The lowest BCUT2D eigenvalue weighted by molar-refractivity contribution is -0.136. The first-order chi connectivity index (χ1) is 18.4. The van der Waals surface area contributed by atoms with Crippen LogP contribution >= 0.6 is 0 Å². The van der Waals surface area contributed by atoms with Crippen molar-refractivity contribution in [2.75, 3.05) is 33.3 Å². The molecule has 1 aliphatic carbocycles. The lowest BCUT2D eigenvalue weighted by atomic mass is 9.71. The van der Waals surface area contributed by atoms with Gasteiger partial charge in [0.2, 0.25) is 11.8 Å². The maximum atomic E-state index is 12.8. The van der Waals surface area contributed by atoms with Crippen molar-refractivity contribution in [2.24, 2.45) is 11.1 Å². The van der Waals surface area contributed by atoms with Crippen molar-refractivity contribution in [2.45, 2.75) is 38.1 Å². The minimum atomic E-state index is -0.462. The van der Waals surface area contributed by atoms with Crippen molar-refractivity contribution < 1.29 is 14.3 Å². The van der Waals surface area contributed by atoms with E-state index in [4.69, 9.17) is 10.5 Å². The molecule has 0 saturated carbocycles. The average molecular weight is 512 g/mol. The summed E-state index contributed by atoms with van der Waals surface area (Å²) in [6, 6.07) is 14.4. The smallest absolute Gasteiger partial charge is 0.250 e. The number of benzene rings is 1. The van der Waals surface area contributed by atoms with E-state index in [9.17, 15) is 9.59 Å². The molecule has 38 heavy (non-hydrogen) atoms. The summed E-state index contributed by atoms with van der Waals surface area (Å²) >= 11 is 0. The molecule has 6 rings (SSSR count). The van der Waals surface area contributed by atoms with Gasteiger partial charge in [0.05, 0.1) is 31.0 Å². The zero-order chi connectivity index (χ0) is 26.3. The number of likely N-dealkylation sites (tertiary alicyclic amines) is 2. The molecule has 3 aliphatic rings. The molecular formula is C30H33N5O3. The van der Waals surface area contributed by atoms with Crippen molar-refractivity contribution in [1.82, 2.24) is 19.8 Å². The van der Waals surface area contributed by atoms with Crippen molar-refractivity contribution in [3.63, 3.8) is 0 Å². The molecule has 3 aromatic rings. The van der Waals surface area contributed by atoms with Crippen LogP contribution in [0.5, 0.6) is 5.75 Å². The molecule has 2 fully saturated rings. The number of aryl methyl sites for hydroxylation is 1. The van der Waals surface area contributed by atoms with Gasteiger partial charge in [0, 0.05) is 49.7 Å². The third-order valence-electron chi connectivity index (χ3n) is 8.59. The molecule has 1 unspecified atom stereocenters. The highest BCUT2D eigenvalue weighted by Crippen LogP contribution is 2.48. The number of pyridine rings is 2. The Kier molecular flexibility index (Phi) is 6.35. The second kappa shape index (κ2) is 9.83. The predicted octanol–water partition coefficient (Wildman–Crippen LogP) is 3.41. The number of piperidine rings is 1. The number of hydrogen-bond donors (Lipinski definition) is 1. The molecule has 0 bridgehead atoms. The lowest BCUT2D eigenvalue weighted by Gasteiger charge is -2.56. The molecule has 2 aromatic heterocycles. The summed E-state index contributed by atoms with van der Waals surface area (Å²) in [5, 5.41) is 0. The number of amides is 2. The Labute approximate surface area is 222 Å². The van der Waals surface area contributed by atoms with E-state index in [2.05, 4.69) is 33.1 Å². The van der Waals surface area contributed by atoms with Gasteiger partial charge in [0.1, 0.15) is 5.75 Å². The Balaban J connectivity index is 1.03. The van der Waals surface area contributed by atoms with Gasteiger partial charge in [-0.05, 0) is 72.6 Å². The van der Waals surface area contributed by atoms with E-state index < -0.39 is 5.91 Å². The van der Waals surface area contributed by atoms with E-state index in [1.165, 1.54) is 11.1 Å². The molecule has 2 amide bonds. The van der Waals surface area contributed by atoms with Crippen molar-refractivity contribution >= 4 is 11.8 Å². The lowest BCUT2D eigenvalue weighted by Crippen LogP contribution is -2.61. The van der Waals surface area contributed by atoms with E-state index in [-0.39, 0.29) is 5.91 Å². The number of ether oxygens (including phenoxy) is 1. The number of carbonyl (C=O) groups is 2. The Bertz CT molecular complexity index is 1340. The quantitative estimate of drug-likeness (QED) is 0.544. The molecule has 2 saturated heterocycles. The predicted molar refractivity (Wildman–Crippen MR) is 144 cm³/mol. The fourth-order valence-corrected chi connectivity index (χ4v) is 6.33.